The Morgan fingerprint density at radius 2 is 1.92 bits per heavy atom. The third-order valence-electron chi connectivity index (χ3n) is 5.76. The van der Waals surface area contributed by atoms with Crippen molar-refractivity contribution in [3.05, 3.63) is 18.5 Å². The van der Waals surface area contributed by atoms with Gasteiger partial charge < -0.3 is 10.2 Å². The number of nitrogens with zero attached hydrogens (tertiary/aromatic N) is 4. The zero-order valence-corrected chi connectivity index (χ0v) is 16.1. The molecule has 0 bridgehead atoms. The van der Waals surface area contributed by atoms with Crippen LogP contribution in [0.15, 0.2) is 18.5 Å². The number of hydrogen-bond acceptors (Lipinski definition) is 5. The molecule has 1 aromatic heterocycles. The maximum atomic E-state index is 12.6. The number of rotatable bonds is 7. The third kappa shape index (κ3) is 5.16. The molecule has 1 aromatic rings. The molecule has 0 unspecified atom stereocenters. The Morgan fingerprint density at radius 1 is 1.15 bits per heavy atom. The summed E-state index contributed by atoms with van der Waals surface area (Å²) < 4.78 is 0. The molecule has 3 rings (SSSR count). The summed E-state index contributed by atoms with van der Waals surface area (Å²) in [7, 11) is 0. The van der Waals surface area contributed by atoms with Crippen LogP contribution < -0.4 is 10.2 Å². The average molecular weight is 360 g/mol. The minimum Gasteiger partial charge on any atom is -0.354 e. The van der Waals surface area contributed by atoms with E-state index in [-0.39, 0.29) is 11.8 Å². The number of nitrogens with one attached hydrogen (secondary N) is 1. The van der Waals surface area contributed by atoms with Crippen molar-refractivity contribution < 1.29 is 4.79 Å². The van der Waals surface area contributed by atoms with Crippen LogP contribution in [0.3, 0.4) is 0 Å². The number of carbonyl (C=O) groups is 1. The maximum Gasteiger partial charge on any atom is 0.225 e. The van der Waals surface area contributed by atoms with Gasteiger partial charge in [0.25, 0.3) is 0 Å². The molecule has 0 aromatic carbocycles. The lowest BCUT2D eigenvalue weighted by atomic mass is 9.95. The highest BCUT2D eigenvalue weighted by atomic mass is 16.1. The molecule has 2 aliphatic heterocycles. The molecule has 1 N–H and O–H groups in total. The van der Waals surface area contributed by atoms with E-state index in [0.29, 0.717) is 6.04 Å². The summed E-state index contributed by atoms with van der Waals surface area (Å²) in [4.78, 5) is 26.0. The first-order chi connectivity index (χ1) is 12.8. The molecule has 0 spiro atoms. The summed E-state index contributed by atoms with van der Waals surface area (Å²) in [6, 6.07) is 2.36. The Morgan fingerprint density at radius 3 is 2.65 bits per heavy atom. The fourth-order valence-electron chi connectivity index (χ4n) is 4.11. The van der Waals surface area contributed by atoms with E-state index in [9.17, 15) is 4.79 Å². The van der Waals surface area contributed by atoms with E-state index in [1.54, 1.807) is 12.4 Å². The van der Waals surface area contributed by atoms with Gasteiger partial charge in [0.05, 0.1) is 0 Å². The van der Waals surface area contributed by atoms with E-state index in [1.807, 2.05) is 6.07 Å². The summed E-state index contributed by atoms with van der Waals surface area (Å²) in [5.74, 6) is 1.14. The second-order valence-electron chi connectivity index (χ2n) is 7.59. The predicted octanol–water partition coefficient (Wildman–Crippen LogP) is 2.46. The van der Waals surface area contributed by atoms with Crippen molar-refractivity contribution in [3.8, 4) is 0 Å². The molecule has 2 aliphatic rings. The first kappa shape index (κ1) is 19.1. The fraction of sp³-hybridized carbons (Fsp3) is 0.750. The van der Waals surface area contributed by atoms with Crippen molar-refractivity contribution in [2.75, 3.05) is 37.6 Å². The Labute approximate surface area is 157 Å². The number of hydrogen-bond donors (Lipinski definition) is 1. The van der Waals surface area contributed by atoms with Gasteiger partial charge in [0.15, 0.2) is 0 Å². The lowest BCUT2D eigenvalue weighted by Gasteiger charge is -2.36. The Bertz CT molecular complexity index is 544. The van der Waals surface area contributed by atoms with E-state index in [1.165, 1.54) is 45.2 Å². The van der Waals surface area contributed by atoms with Crippen LogP contribution in [0.2, 0.25) is 0 Å². The van der Waals surface area contributed by atoms with E-state index in [4.69, 9.17) is 0 Å². The molecule has 3 heterocycles. The van der Waals surface area contributed by atoms with Crippen LogP contribution in [0.25, 0.3) is 0 Å². The van der Waals surface area contributed by atoms with Crippen LogP contribution in [0.4, 0.5) is 5.95 Å². The van der Waals surface area contributed by atoms with Gasteiger partial charge in [-0.05, 0) is 51.3 Å². The summed E-state index contributed by atoms with van der Waals surface area (Å²) in [6.07, 6.45) is 11.6. The van der Waals surface area contributed by atoms with Crippen LogP contribution in [-0.2, 0) is 4.79 Å². The van der Waals surface area contributed by atoms with Gasteiger partial charge in [0, 0.05) is 44.0 Å². The summed E-state index contributed by atoms with van der Waals surface area (Å²) in [6.45, 7) is 7.13. The standard InChI is InChI=1S/C20H33N5O/c1-2-3-12-24-13-5-4-7-18(24)16-23-19(26)17-8-14-25(15-9-17)20-21-10-6-11-22-20/h6,10-11,17-18H,2-5,7-9,12-16H2,1H3,(H,23,26)/t18-/m1/s1. The van der Waals surface area contributed by atoms with Gasteiger partial charge >= 0.3 is 0 Å². The van der Waals surface area contributed by atoms with Crippen molar-refractivity contribution in [1.29, 1.82) is 0 Å². The topological polar surface area (TPSA) is 61.4 Å². The van der Waals surface area contributed by atoms with Crippen molar-refractivity contribution in [2.24, 2.45) is 5.92 Å². The zero-order chi connectivity index (χ0) is 18.2. The van der Waals surface area contributed by atoms with E-state index in [0.717, 1.165) is 38.4 Å². The van der Waals surface area contributed by atoms with Gasteiger partial charge in [0.2, 0.25) is 11.9 Å². The lowest BCUT2D eigenvalue weighted by Crippen LogP contribution is -2.49. The maximum absolute atomic E-state index is 12.6. The van der Waals surface area contributed by atoms with Crippen molar-refractivity contribution in [2.45, 2.75) is 57.9 Å². The highest BCUT2D eigenvalue weighted by Crippen LogP contribution is 2.21. The quantitative estimate of drug-likeness (QED) is 0.810. The van der Waals surface area contributed by atoms with E-state index < -0.39 is 0 Å². The van der Waals surface area contributed by atoms with Gasteiger partial charge in [-0.2, -0.15) is 0 Å². The predicted molar refractivity (Wildman–Crippen MR) is 104 cm³/mol. The fourth-order valence-corrected chi connectivity index (χ4v) is 4.11. The molecule has 0 aliphatic carbocycles. The second-order valence-corrected chi connectivity index (χ2v) is 7.59. The number of carbonyl (C=O) groups excluding carboxylic acids is 1. The Balaban J connectivity index is 1.42. The minimum atomic E-state index is 0.127. The first-order valence-electron chi connectivity index (χ1n) is 10.3. The molecule has 1 atom stereocenters. The molecule has 0 saturated carbocycles. The molecule has 2 fully saturated rings. The van der Waals surface area contributed by atoms with Gasteiger partial charge in [-0.3, -0.25) is 9.69 Å². The number of aromatic nitrogens is 2. The van der Waals surface area contributed by atoms with Gasteiger partial charge in [-0.1, -0.05) is 19.8 Å². The molecular weight excluding hydrogens is 326 g/mol. The molecule has 0 radical (unpaired) electrons. The van der Waals surface area contributed by atoms with E-state index in [2.05, 4.69) is 32.0 Å². The monoisotopic (exact) mass is 359 g/mol. The molecule has 2 saturated heterocycles. The van der Waals surface area contributed by atoms with Crippen LogP contribution in [-0.4, -0.2) is 59.5 Å². The summed E-state index contributed by atoms with van der Waals surface area (Å²) in [5, 5.41) is 3.25. The molecule has 6 nitrogen and oxygen atoms in total. The van der Waals surface area contributed by atoms with Crippen molar-refractivity contribution >= 4 is 11.9 Å². The normalized spacial score (nSPS) is 22.3. The van der Waals surface area contributed by atoms with Crippen molar-refractivity contribution in [1.82, 2.24) is 20.2 Å². The molecule has 1 amide bonds. The number of anilines is 1. The highest BCUT2D eigenvalue weighted by molar-refractivity contribution is 5.79. The van der Waals surface area contributed by atoms with Crippen LogP contribution in [0.5, 0.6) is 0 Å². The lowest BCUT2D eigenvalue weighted by molar-refractivity contribution is -0.125. The summed E-state index contributed by atoms with van der Waals surface area (Å²) >= 11 is 0. The van der Waals surface area contributed by atoms with Crippen LogP contribution >= 0.6 is 0 Å². The number of piperidine rings is 2. The van der Waals surface area contributed by atoms with E-state index >= 15 is 0 Å². The van der Waals surface area contributed by atoms with Gasteiger partial charge in [-0.25, -0.2) is 9.97 Å². The molecule has 26 heavy (non-hydrogen) atoms. The molecular formula is C20H33N5O. The first-order valence-corrected chi connectivity index (χ1v) is 10.3. The Hall–Kier alpha value is -1.69. The third-order valence-corrected chi connectivity index (χ3v) is 5.76. The van der Waals surface area contributed by atoms with Crippen LogP contribution in [0, 0.1) is 5.92 Å². The number of unbranched alkanes of at least 4 members (excludes halogenated alkanes) is 1. The summed E-state index contributed by atoms with van der Waals surface area (Å²) in [5.41, 5.74) is 0. The molecule has 6 heteroatoms. The SMILES string of the molecule is CCCCN1CCCC[C@@H]1CNC(=O)C1CCN(c2ncccn2)CC1. The van der Waals surface area contributed by atoms with Gasteiger partial charge in [-0.15, -0.1) is 0 Å². The molecule has 144 valence electrons. The second kappa shape index (κ2) is 9.86. The highest BCUT2D eigenvalue weighted by Gasteiger charge is 2.27. The average Bonchev–Trinajstić information content (AvgIpc) is 2.72. The number of amides is 1. The van der Waals surface area contributed by atoms with Gasteiger partial charge in [0.1, 0.15) is 0 Å². The minimum absolute atomic E-state index is 0.127. The largest absolute Gasteiger partial charge is 0.354 e. The number of likely N-dealkylation sites (tertiary alicyclic amines) is 1. The smallest absolute Gasteiger partial charge is 0.225 e. The zero-order valence-electron chi connectivity index (χ0n) is 16.1. The van der Waals surface area contributed by atoms with Crippen LogP contribution in [0.1, 0.15) is 51.9 Å². The Kier molecular flexibility index (Phi) is 7.23. The van der Waals surface area contributed by atoms with Crippen molar-refractivity contribution in [3.63, 3.8) is 0 Å².